The first kappa shape index (κ1) is 15.2. The first-order valence-corrected chi connectivity index (χ1v) is 7.56. The van der Waals surface area contributed by atoms with Crippen molar-refractivity contribution in [3.05, 3.63) is 42.1 Å². The van der Waals surface area contributed by atoms with Crippen molar-refractivity contribution in [1.29, 1.82) is 0 Å². The van der Waals surface area contributed by atoms with Gasteiger partial charge in [-0.05, 0) is 32.3 Å². The molecule has 112 valence electrons. The van der Waals surface area contributed by atoms with Gasteiger partial charge in [0.05, 0.1) is 6.20 Å². The third-order valence-corrected chi connectivity index (χ3v) is 3.40. The Morgan fingerprint density at radius 3 is 2.57 bits per heavy atom. The van der Waals surface area contributed by atoms with E-state index >= 15 is 0 Å². The van der Waals surface area contributed by atoms with E-state index in [4.69, 9.17) is 0 Å². The Kier molecular flexibility index (Phi) is 5.94. The molecule has 0 saturated heterocycles. The number of rotatable bonds is 8. The molecule has 0 aliphatic heterocycles. The minimum absolute atomic E-state index is 0.604. The van der Waals surface area contributed by atoms with Gasteiger partial charge in [0.15, 0.2) is 5.82 Å². The molecule has 0 fully saturated rings. The van der Waals surface area contributed by atoms with Crippen molar-refractivity contribution in [2.24, 2.45) is 0 Å². The van der Waals surface area contributed by atoms with E-state index in [0.717, 1.165) is 38.3 Å². The number of nitrogens with zero attached hydrogens (tertiary/aromatic N) is 4. The summed E-state index contributed by atoms with van der Waals surface area (Å²) in [7, 11) is 0. The average molecular weight is 285 g/mol. The van der Waals surface area contributed by atoms with E-state index in [1.807, 2.05) is 6.07 Å². The molecule has 21 heavy (non-hydrogen) atoms. The lowest BCUT2D eigenvalue weighted by Crippen LogP contribution is -2.23. The minimum Gasteiger partial charge on any atom is -0.356 e. The highest BCUT2D eigenvalue weighted by molar-refractivity contribution is 5.39. The molecule has 5 heteroatoms. The summed E-state index contributed by atoms with van der Waals surface area (Å²) < 4.78 is 0. The van der Waals surface area contributed by atoms with Gasteiger partial charge in [-0.2, -0.15) is 10.1 Å². The largest absolute Gasteiger partial charge is 0.356 e. The Morgan fingerprint density at radius 2 is 1.86 bits per heavy atom. The molecule has 1 heterocycles. The Labute approximate surface area is 126 Å². The highest BCUT2D eigenvalue weighted by Gasteiger charge is 2.05. The molecule has 0 saturated carbocycles. The van der Waals surface area contributed by atoms with Crippen LogP contribution < -0.4 is 10.2 Å². The van der Waals surface area contributed by atoms with Gasteiger partial charge in [0, 0.05) is 19.6 Å². The number of aryl methyl sites for hydroxylation is 1. The average Bonchev–Trinajstić information content (AvgIpc) is 2.54. The van der Waals surface area contributed by atoms with Gasteiger partial charge in [0.2, 0.25) is 5.95 Å². The zero-order valence-electron chi connectivity index (χ0n) is 12.8. The molecule has 1 aromatic heterocycles. The Bertz CT molecular complexity index is 525. The van der Waals surface area contributed by atoms with Crippen molar-refractivity contribution in [1.82, 2.24) is 15.2 Å². The standard InChI is InChI=1S/C16H23N5/c1-3-21(4-2)15-13-18-20-16(19-15)17-12-8-11-14-9-6-5-7-10-14/h5-7,9-10,13H,3-4,8,11-12H2,1-2H3,(H,17,19,20). The quantitative estimate of drug-likeness (QED) is 0.756. The maximum Gasteiger partial charge on any atom is 0.244 e. The van der Waals surface area contributed by atoms with Gasteiger partial charge in [-0.15, -0.1) is 5.10 Å². The van der Waals surface area contributed by atoms with E-state index in [9.17, 15) is 0 Å². The lowest BCUT2D eigenvalue weighted by atomic mass is 10.1. The van der Waals surface area contributed by atoms with Gasteiger partial charge in [0.25, 0.3) is 0 Å². The number of hydrogen-bond acceptors (Lipinski definition) is 5. The van der Waals surface area contributed by atoms with Gasteiger partial charge in [-0.3, -0.25) is 0 Å². The molecular weight excluding hydrogens is 262 g/mol. The zero-order chi connectivity index (χ0) is 14.9. The fourth-order valence-corrected chi connectivity index (χ4v) is 2.21. The van der Waals surface area contributed by atoms with Gasteiger partial charge in [-0.25, -0.2) is 0 Å². The number of anilines is 2. The van der Waals surface area contributed by atoms with E-state index in [1.54, 1.807) is 6.20 Å². The van der Waals surface area contributed by atoms with E-state index < -0.39 is 0 Å². The molecular formula is C16H23N5. The molecule has 0 aliphatic rings. The Balaban J connectivity index is 1.82. The summed E-state index contributed by atoms with van der Waals surface area (Å²) in [5.74, 6) is 1.48. The van der Waals surface area contributed by atoms with Gasteiger partial charge < -0.3 is 10.2 Å². The first-order chi connectivity index (χ1) is 10.3. The maximum atomic E-state index is 4.50. The van der Waals surface area contributed by atoms with Crippen molar-refractivity contribution < 1.29 is 0 Å². The predicted octanol–water partition coefficient (Wildman–Crippen LogP) is 2.76. The van der Waals surface area contributed by atoms with Crippen LogP contribution in [0.4, 0.5) is 11.8 Å². The van der Waals surface area contributed by atoms with Crippen molar-refractivity contribution >= 4 is 11.8 Å². The van der Waals surface area contributed by atoms with Crippen LogP contribution in [0.5, 0.6) is 0 Å². The number of nitrogens with one attached hydrogen (secondary N) is 1. The third-order valence-electron chi connectivity index (χ3n) is 3.40. The third kappa shape index (κ3) is 4.70. The molecule has 0 aliphatic carbocycles. The van der Waals surface area contributed by atoms with E-state index in [-0.39, 0.29) is 0 Å². The molecule has 5 nitrogen and oxygen atoms in total. The molecule has 0 unspecified atom stereocenters. The topological polar surface area (TPSA) is 53.9 Å². The molecule has 2 aromatic rings. The second-order valence-corrected chi connectivity index (χ2v) is 4.83. The second kappa shape index (κ2) is 8.19. The first-order valence-electron chi connectivity index (χ1n) is 7.56. The van der Waals surface area contributed by atoms with Gasteiger partial charge >= 0.3 is 0 Å². The summed E-state index contributed by atoms with van der Waals surface area (Å²) in [5, 5.41) is 11.3. The number of aromatic nitrogens is 3. The molecule has 1 N–H and O–H groups in total. The maximum absolute atomic E-state index is 4.50. The SMILES string of the molecule is CCN(CC)c1cnnc(NCCCc2ccccc2)n1. The second-order valence-electron chi connectivity index (χ2n) is 4.83. The van der Waals surface area contributed by atoms with Crippen LogP contribution in [-0.4, -0.2) is 34.8 Å². The summed E-state index contributed by atoms with van der Waals surface area (Å²) in [6.07, 6.45) is 3.81. The smallest absolute Gasteiger partial charge is 0.244 e. The predicted molar refractivity (Wildman–Crippen MR) is 86.6 cm³/mol. The Hall–Kier alpha value is -2.17. The van der Waals surface area contributed by atoms with E-state index in [2.05, 4.69) is 63.5 Å². The van der Waals surface area contributed by atoms with Crippen molar-refractivity contribution in [3.63, 3.8) is 0 Å². The summed E-state index contributed by atoms with van der Waals surface area (Å²) in [6, 6.07) is 10.5. The summed E-state index contributed by atoms with van der Waals surface area (Å²) >= 11 is 0. The summed E-state index contributed by atoms with van der Waals surface area (Å²) in [4.78, 5) is 6.66. The lowest BCUT2D eigenvalue weighted by molar-refractivity contribution is 0.811. The van der Waals surface area contributed by atoms with Crippen LogP contribution in [0.25, 0.3) is 0 Å². The van der Waals surface area contributed by atoms with Crippen LogP contribution in [-0.2, 0) is 6.42 Å². The Morgan fingerprint density at radius 1 is 1.10 bits per heavy atom. The molecule has 0 bridgehead atoms. The molecule has 0 amide bonds. The molecule has 0 atom stereocenters. The van der Waals surface area contributed by atoms with Crippen LogP contribution >= 0.6 is 0 Å². The van der Waals surface area contributed by atoms with Crippen molar-refractivity contribution in [2.45, 2.75) is 26.7 Å². The number of benzene rings is 1. The van der Waals surface area contributed by atoms with E-state index in [0.29, 0.717) is 5.95 Å². The molecule has 0 spiro atoms. The normalized spacial score (nSPS) is 10.4. The lowest BCUT2D eigenvalue weighted by Gasteiger charge is -2.19. The highest BCUT2D eigenvalue weighted by atomic mass is 15.3. The van der Waals surface area contributed by atoms with Crippen LogP contribution in [0.1, 0.15) is 25.8 Å². The number of hydrogen-bond donors (Lipinski definition) is 1. The fraction of sp³-hybridized carbons (Fsp3) is 0.438. The molecule has 0 radical (unpaired) electrons. The zero-order valence-corrected chi connectivity index (χ0v) is 12.8. The van der Waals surface area contributed by atoms with Gasteiger partial charge in [-0.1, -0.05) is 30.3 Å². The van der Waals surface area contributed by atoms with Crippen LogP contribution in [0, 0.1) is 0 Å². The van der Waals surface area contributed by atoms with Crippen LogP contribution in [0.2, 0.25) is 0 Å². The molecule has 2 rings (SSSR count). The van der Waals surface area contributed by atoms with Crippen LogP contribution in [0.3, 0.4) is 0 Å². The van der Waals surface area contributed by atoms with E-state index in [1.165, 1.54) is 5.56 Å². The monoisotopic (exact) mass is 285 g/mol. The van der Waals surface area contributed by atoms with Gasteiger partial charge in [0.1, 0.15) is 0 Å². The molecule has 1 aromatic carbocycles. The van der Waals surface area contributed by atoms with Crippen LogP contribution in [0.15, 0.2) is 36.5 Å². The minimum atomic E-state index is 0.604. The fourth-order valence-electron chi connectivity index (χ4n) is 2.21. The summed E-state index contributed by atoms with van der Waals surface area (Å²) in [6.45, 7) is 6.90. The van der Waals surface area contributed by atoms with Crippen molar-refractivity contribution in [3.8, 4) is 0 Å². The van der Waals surface area contributed by atoms with Crippen molar-refractivity contribution in [2.75, 3.05) is 29.9 Å². The highest BCUT2D eigenvalue weighted by Crippen LogP contribution is 2.10. The summed E-state index contributed by atoms with van der Waals surface area (Å²) in [5.41, 5.74) is 1.36.